The van der Waals surface area contributed by atoms with Gasteiger partial charge >= 0.3 is 0 Å². The van der Waals surface area contributed by atoms with E-state index in [1.807, 2.05) is 12.4 Å². The van der Waals surface area contributed by atoms with Gasteiger partial charge in [0, 0.05) is 18.4 Å². The van der Waals surface area contributed by atoms with Gasteiger partial charge in [0.25, 0.3) is 0 Å². The smallest absolute Gasteiger partial charge is 0.0293 e. The lowest BCUT2D eigenvalue weighted by Gasteiger charge is -2.20. The molecule has 2 unspecified atom stereocenters. The van der Waals surface area contributed by atoms with Crippen molar-refractivity contribution in [2.45, 2.75) is 33.7 Å². The van der Waals surface area contributed by atoms with E-state index in [2.05, 4.69) is 50.1 Å². The zero-order valence-corrected chi connectivity index (χ0v) is 10.2. The van der Waals surface area contributed by atoms with Gasteiger partial charge in [-0.05, 0) is 43.0 Å². The Labute approximate surface area is 93.1 Å². The largest absolute Gasteiger partial charge is 0.310 e. The highest BCUT2D eigenvalue weighted by Crippen LogP contribution is 2.13. The molecule has 1 aromatic rings. The summed E-state index contributed by atoms with van der Waals surface area (Å²) in [6.07, 6.45) is 3.69. The Morgan fingerprint density at radius 2 is 1.73 bits per heavy atom. The molecule has 1 N–H and O–H groups in total. The molecule has 84 valence electrons. The highest BCUT2D eigenvalue weighted by Gasteiger charge is 2.09. The van der Waals surface area contributed by atoms with E-state index in [0.717, 1.165) is 12.5 Å². The monoisotopic (exact) mass is 206 g/mol. The molecule has 1 aromatic heterocycles. The maximum absolute atomic E-state index is 4.02. The zero-order valence-electron chi connectivity index (χ0n) is 10.2. The van der Waals surface area contributed by atoms with Crippen LogP contribution in [0, 0.1) is 11.8 Å². The van der Waals surface area contributed by atoms with Gasteiger partial charge in [0.2, 0.25) is 0 Å². The summed E-state index contributed by atoms with van der Waals surface area (Å²) < 4.78 is 0. The number of nitrogens with one attached hydrogen (secondary N) is 1. The van der Waals surface area contributed by atoms with E-state index in [4.69, 9.17) is 0 Å². The van der Waals surface area contributed by atoms with Crippen LogP contribution in [0.5, 0.6) is 0 Å². The van der Waals surface area contributed by atoms with Crippen molar-refractivity contribution in [3.63, 3.8) is 0 Å². The molecule has 0 saturated carbocycles. The van der Waals surface area contributed by atoms with E-state index in [0.29, 0.717) is 12.0 Å². The van der Waals surface area contributed by atoms with Gasteiger partial charge in [-0.2, -0.15) is 0 Å². The Bertz CT molecular complexity index is 269. The average molecular weight is 206 g/mol. The van der Waals surface area contributed by atoms with Crippen LogP contribution in [0.15, 0.2) is 24.5 Å². The van der Waals surface area contributed by atoms with Crippen LogP contribution in [0.1, 0.15) is 39.3 Å². The van der Waals surface area contributed by atoms with Gasteiger partial charge in [-0.3, -0.25) is 4.98 Å². The first-order valence-corrected chi connectivity index (χ1v) is 5.74. The van der Waals surface area contributed by atoms with E-state index >= 15 is 0 Å². The average Bonchev–Trinajstić information content (AvgIpc) is 2.26. The number of hydrogen-bond donors (Lipinski definition) is 1. The highest BCUT2D eigenvalue weighted by molar-refractivity contribution is 5.13. The molecule has 2 atom stereocenters. The second kappa shape index (κ2) is 5.86. The molecule has 0 aliphatic carbocycles. The zero-order chi connectivity index (χ0) is 11.3. The van der Waals surface area contributed by atoms with Crippen LogP contribution < -0.4 is 5.32 Å². The number of pyridine rings is 1. The summed E-state index contributed by atoms with van der Waals surface area (Å²) in [6, 6.07) is 4.55. The fourth-order valence-corrected chi connectivity index (χ4v) is 1.37. The lowest BCUT2D eigenvalue weighted by molar-refractivity contribution is 0.375. The molecule has 1 heterocycles. The minimum Gasteiger partial charge on any atom is -0.310 e. The summed E-state index contributed by atoms with van der Waals surface area (Å²) in [6.45, 7) is 10.1. The van der Waals surface area contributed by atoms with Crippen molar-refractivity contribution in [3.05, 3.63) is 30.1 Å². The minimum absolute atomic E-state index is 0.411. The van der Waals surface area contributed by atoms with Gasteiger partial charge in [-0.25, -0.2) is 0 Å². The molecule has 0 saturated heterocycles. The molecule has 0 aromatic carbocycles. The maximum atomic E-state index is 4.02. The summed E-state index contributed by atoms with van der Waals surface area (Å²) in [5.74, 6) is 1.46. The van der Waals surface area contributed by atoms with Crippen molar-refractivity contribution in [3.8, 4) is 0 Å². The van der Waals surface area contributed by atoms with Crippen molar-refractivity contribution in [1.29, 1.82) is 0 Å². The van der Waals surface area contributed by atoms with Gasteiger partial charge in [-0.15, -0.1) is 0 Å². The van der Waals surface area contributed by atoms with Crippen LogP contribution in [-0.2, 0) is 0 Å². The first-order chi connectivity index (χ1) is 7.11. The lowest BCUT2D eigenvalue weighted by atomic mass is 9.97. The van der Waals surface area contributed by atoms with Crippen LogP contribution in [0.2, 0.25) is 0 Å². The standard InChI is InChI=1S/C13H22N2/c1-10(2)11(3)9-15-12(4)13-5-7-14-8-6-13/h5-8,10-12,15H,9H2,1-4H3. The van der Waals surface area contributed by atoms with Crippen molar-refractivity contribution < 1.29 is 0 Å². The lowest BCUT2D eigenvalue weighted by Crippen LogP contribution is -2.26. The van der Waals surface area contributed by atoms with Crippen LogP contribution in [0.4, 0.5) is 0 Å². The summed E-state index contributed by atoms with van der Waals surface area (Å²) in [5, 5.41) is 3.55. The molecular weight excluding hydrogens is 184 g/mol. The molecule has 0 fully saturated rings. The third-order valence-corrected chi connectivity index (χ3v) is 3.09. The van der Waals surface area contributed by atoms with Crippen LogP contribution >= 0.6 is 0 Å². The summed E-state index contributed by atoms with van der Waals surface area (Å²) in [4.78, 5) is 4.02. The molecule has 0 amide bonds. The Morgan fingerprint density at radius 1 is 1.13 bits per heavy atom. The topological polar surface area (TPSA) is 24.9 Å². The Kier molecular flexibility index (Phi) is 4.76. The first kappa shape index (κ1) is 12.2. The molecular formula is C13H22N2. The normalized spacial score (nSPS) is 15.3. The van der Waals surface area contributed by atoms with E-state index in [9.17, 15) is 0 Å². The van der Waals surface area contributed by atoms with Gasteiger partial charge < -0.3 is 5.32 Å². The van der Waals surface area contributed by atoms with E-state index in [1.54, 1.807) is 0 Å². The van der Waals surface area contributed by atoms with E-state index in [-0.39, 0.29) is 0 Å². The molecule has 2 heteroatoms. The van der Waals surface area contributed by atoms with Crippen molar-refractivity contribution in [2.75, 3.05) is 6.54 Å². The van der Waals surface area contributed by atoms with Gasteiger partial charge in [0.15, 0.2) is 0 Å². The number of aromatic nitrogens is 1. The molecule has 0 radical (unpaired) electrons. The first-order valence-electron chi connectivity index (χ1n) is 5.74. The summed E-state index contributed by atoms with van der Waals surface area (Å²) >= 11 is 0. The second-order valence-corrected chi connectivity index (χ2v) is 4.63. The summed E-state index contributed by atoms with van der Waals surface area (Å²) in [7, 11) is 0. The third kappa shape index (κ3) is 4.00. The van der Waals surface area contributed by atoms with Crippen molar-refractivity contribution in [1.82, 2.24) is 10.3 Å². The number of rotatable bonds is 5. The van der Waals surface area contributed by atoms with Gasteiger partial charge in [0.05, 0.1) is 0 Å². The summed E-state index contributed by atoms with van der Waals surface area (Å²) in [5.41, 5.74) is 1.31. The Hall–Kier alpha value is -0.890. The number of hydrogen-bond acceptors (Lipinski definition) is 2. The van der Waals surface area contributed by atoms with Crippen LogP contribution in [-0.4, -0.2) is 11.5 Å². The Morgan fingerprint density at radius 3 is 2.27 bits per heavy atom. The maximum Gasteiger partial charge on any atom is 0.0293 e. The van der Waals surface area contributed by atoms with Crippen molar-refractivity contribution in [2.24, 2.45) is 11.8 Å². The Balaban J connectivity index is 2.40. The second-order valence-electron chi connectivity index (χ2n) is 4.63. The molecule has 0 aliphatic rings. The fraction of sp³-hybridized carbons (Fsp3) is 0.615. The quantitative estimate of drug-likeness (QED) is 0.801. The van der Waals surface area contributed by atoms with Gasteiger partial charge in [0.1, 0.15) is 0 Å². The predicted molar refractivity (Wildman–Crippen MR) is 64.7 cm³/mol. The molecule has 1 rings (SSSR count). The van der Waals surface area contributed by atoms with E-state index < -0.39 is 0 Å². The molecule has 2 nitrogen and oxygen atoms in total. The van der Waals surface area contributed by atoms with E-state index in [1.165, 1.54) is 5.56 Å². The van der Waals surface area contributed by atoms with Crippen LogP contribution in [0.3, 0.4) is 0 Å². The van der Waals surface area contributed by atoms with Crippen molar-refractivity contribution >= 4 is 0 Å². The SMILES string of the molecule is CC(NCC(C)C(C)C)c1ccncc1. The molecule has 0 bridgehead atoms. The molecule has 0 aliphatic heterocycles. The van der Waals surface area contributed by atoms with Crippen LogP contribution in [0.25, 0.3) is 0 Å². The molecule has 0 spiro atoms. The third-order valence-electron chi connectivity index (χ3n) is 3.09. The predicted octanol–water partition coefficient (Wildman–Crippen LogP) is 3.02. The molecule has 15 heavy (non-hydrogen) atoms. The van der Waals surface area contributed by atoms with Gasteiger partial charge in [-0.1, -0.05) is 20.8 Å². The fourth-order valence-electron chi connectivity index (χ4n) is 1.37. The minimum atomic E-state index is 0.411. The highest BCUT2D eigenvalue weighted by atomic mass is 14.9. The number of nitrogens with zero attached hydrogens (tertiary/aromatic N) is 1.